The number of hydrogen-bond acceptors (Lipinski definition) is 2. The van der Waals surface area contributed by atoms with Crippen molar-refractivity contribution >= 4 is 15.9 Å². The van der Waals surface area contributed by atoms with Crippen molar-refractivity contribution in [3.8, 4) is 5.75 Å². The van der Waals surface area contributed by atoms with Gasteiger partial charge in [0.05, 0.1) is 4.47 Å². The van der Waals surface area contributed by atoms with Crippen molar-refractivity contribution in [3.05, 3.63) is 28.2 Å². The maximum absolute atomic E-state index is 5.97. The molecule has 2 nitrogen and oxygen atoms in total. The fourth-order valence-corrected chi connectivity index (χ4v) is 2.11. The Morgan fingerprint density at radius 1 is 1.43 bits per heavy atom. The van der Waals surface area contributed by atoms with E-state index in [1.807, 2.05) is 12.1 Å². The molecule has 1 heterocycles. The minimum absolute atomic E-state index is 0.144. The molecular weight excluding hydrogens is 242 g/mol. The third-order valence-corrected chi connectivity index (χ3v) is 2.92. The Bertz CT molecular complexity index is 349. The van der Waals surface area contributed by atoms with E-state index in [1.54, 1.807) is 0 Å². The highest BCUT2D eigenvalue weighted by atomic mass is 79.9. The molecule has 0 bridgehead atoms. The highest BCUT2D eigenvalue weighted by molar-refractivity contribution is 9.10. The van der Waals surface area contributed by atoms with E-state index in [0.717, 1.165) is 23.3 Å². The molecular formula is C11H14BrNO. The molecule has 14 heavy (non-hydrogen) atoms. The molecule has 1 aromatic carbocycles. The quantitative estimate of drug-likeness (QED) is 0.770. The monoisotopic (exact) mass is 255 g/mol. The summed E-state index contributed by atoms with van der Waals surface area (Å²) >= 11 is 3.52. The Kier molecular flexibility index (Phi) is 2.54. The first-order chi connectivity index (χ1) is 6.58. The van der Waals surface area contributed by atoms with Gasteiger partial charge in [0, 0.05) is 18.7 Å². The Labute approximate surface area is 92.8 Å². The predicted octanol–water partition coefficient (Wildman–Crippen LogP) is 2.71. The molecule has 0 spiro atoms. The number of rotatable bonds is 0. The molecule has 0 fully saturated rings. The normalized spacial score (nSPS) is 19.4. The summed E-state index contributed by atoms with van der Waals surface area (Å²) in [6.45, 7) is 5.93. The fourth-order valence-electron chi connectivity index (χ4n) is 1.62. The smallest absolute Gasteiger partial charge is 0.138 e. The van der Waals surface area contributed by atoms with Crippen molar-refractivity contribution in [1.82, 2.24) is 5.32 Å². The van der Waals surface area contributed by atoms with Crippen LogP contribution < -0.4 is 10.1 Å². The molecule has 3 heteroatoms. The van der Waals surface area contributed by atoms with Crippen LogP contribution in [0.5, 0.6) is 5.75 Å². The Morgan fingerprint density at radius 2 is 2.21 bits per heavy atom. The lowest BCUT2D eigenvalue weighted by molar-refractivity contribution is 0.114. The second kappa shape index (κ2) is 3.55. The van der Waals surface area contributed by atoms with Crippen LogP contribution in [0.4, 0.5) is 0 Å². The first kappa shape index (κ1) is 9.99. The number of fused-ring (bicyclic) bond motifs is 1. The molecule has 1 aromatic rings. The molecule has 1 aliphatic rings. The molecule has 2 rings (SSSR count). The zero-order chi connectivity index (χ0) is 10.2. The summed E-state index contributed by atoms with van der Waals surface area (Å²) < 4.78 is 7.00. The summed E-state index contributed by atoms with van der Waals surface area (Å²) in [6.07, 6.45) is 0. The summed E-state index contributed by atoms with van der Waals surface area (Å²) in [5, 5.41) is 3.38. The van der Waals surface area contributed by atoms with Crippen molar-refractivity contribution in [2.45, 2.75) is 26.0 Å². The van der Waals surface area contributed by atoms with Gasteiger partial charge in [0.15, 0.2) is 0 Å². The van der Waals surface area contributed by atoms with Gasteiger partial charge in [0.25, 0.3) is 0 Å². The average molecular weight is 256 g/mol. The summed E-state index contributed by atoms with van der Waals surface area (Å²) in [4.78, 5) is 0. The lowest BCUT2D eigenvalue weighted by Gasteiger charge is -2.24. The number of benzene rings is 1. The predicted molar refractivity (Wildman–Crippen MR) is 60.6 cm³/mol. The molecule has 0 amide bonds. The number of ether oxygens (including phenoxy) is 1. The van der Waals surface area contributed by atoms with Crippen LogP contribution in [-0.4, -0.2) is 12.1 Å². The summed E-state index contributed by atoms with van der Waals surface area (Å²) in [5.74, 6) is 0.975. The minimum atomic E-state index is -0.144. The zero-order valence-corrected chi connectivity index (χ0v) is 10.0. The van der Waals surface area contributed by atoms with Crippen LogP contribution in [0.15, 0.2) is 22.7 Å². The van der Waals surface area contributed by atoms with Gasteiger partial charge in [-0.1, -0.05) is 12.1 Å². The molecule has 1 N–H and O–H groups in total. The largest absolute Gasteiger partial charge is 0.485 e. The topological polar surface area (TPSA) is 21.3 Å². The van der Waals surface area contributed by atoms with E-state index in [2.05, 4.69) is 41.2 Å². The van der Waals surface area contributed by atoms with Crippen LogP contribution in [0.2, 0.25) is 0 Å². The molecule has 1 aliphatic heterocycles. The van der Waals surface area contributed by atoms with Crippen LogP contribution in [0, 0.1) is 0 Å². The Balaban J connectivity index is 2.43. The SMILES string of the molecule is CC1(C)CNCc2cccc(Br)c2O1. The Hall–Kier alpha value is -0.540. The second-order valence-electron chi connectivity index (χ2n) is 4.19. The molecule has 0 radical (unpaired) electrons. The van der Waals surface area contributed by atoms with Crippen molar-refractivity contribution in [1.29, 1.82) is 0 Å². The summed E-state index contributed by atoms with van der Waals surface area (Å²) in [7, 11) is 0. The standard InChI is InChI=1S/C11H14BrNO/c1-11(2)7-13-6-8-4-3-5-9(12)10(8)14-11/h3-5,13H,6-7H2,1-2H3. The highest BCUT2D eigenvalue weighted by Gasteiger charge is 2.25. The van der Waals surface area contributed by atoms with E-state index in [0.29, 0.717) is 0 Å². The fraction of sp³-hybridized carbons (Fsp3) is 0.455. The van der Waals surface area contributed by atoms with Gasteiger partial charge in [-0.3, -0.25) is 0 Å². The lowest BCUT2D eigenvalue weighted by Crippen LogP contribution is -2.37. The van der Waals surface area contributed by atoms with Gasteiger partial charge in [-0.05, 0) is 35.8 Å². The van der Waals surface area contributed by atoms with Gasteiger partial charge in [-0.2, -0.15) is 0 Å². The van der Waals surface area contributed by atoms with Gasteiger partial charge < -0.3 is 10.1 Å². The van der Waals surface area contributed by atoms with Crippen LogP contribution in [0.25, 0.3) is 0 Å². The molecule has 0 unspecified atom stereocenters. The van der Waals surface area contributed by atoms with E-state index < -0.39 is 0 Å². The van der Waals surface area contributed by atoms with Gasteiger partial charge in [0.1, 0.15) is 11.4 Å². The molecule has 0 saturated carbocycles. The number of halogens is 1. The third kappa shape index (κ3) is 1.93. The van der Waals surface area contributed by atoms with Crippen molar-refractivity contribution in [2.75, 3.05) is 6.54 Å². The van der Waals surface area contributed by atoms with Gasteiger partial charge >= 0.3 is 0 Å². The maximum Gasteiger partial charge on any atom is 0.138 e. The lowest BCUT2D eigenvalue weighted by atomic mass is 10.1. The maximum atomic E-state index is 5.97. The average Bonchev–Trinajstić information content (AvgIpc) is 2.24. The molecule has 0 aromatic heterocycles. The molecule has 0 saturated heterocycles. The summed E-state index contributed by atoms with van der Waals surface area (Å²) in [5.41, 5.74) is 1.07. The van der Waals surface area contributed by atoms with E-state index in [1.165, 1.54) is 5.56 Å². The van der Waals surface area contributed by atoms with E-state index >= 15 is 0 Å². The van der Waals surface area contributed by atoms with Crippen LogP contribution in [0.3, 0.4) is 0 Å². The van der Waals surface area contributed by atoms with E-state index in [9.17, 15) is 0 Å². The second-order valence-corrected chi connectivity index (χ2v) is 5.05. The molecule has 0 atom stereocenters. The zero-order valence-electron chi connectivity index (χ0n) is 8.43. The van der Waals surface area contributed by atoms with Gasteiger partial charge in [-0.15, -0.1) is 0 Å². The number of hydrogen-bond donors (Lipinski definition) is 1. The van der Waals surface area contributed by atoms with Crippen molar-refractivity contribution < 1.29 is 4.74 Å². The van der Waals surface area contributed by atoms with Crippen LogP contribution in [-0.2, 0) is 6.54 Å². The van der Waals surface area contributed by atoms with Crippen molar-refractivity contribution in [2.24, 2.45) is 0 Å². The Morgan fingerprint density at radius 3 is 3.00 bits per heavy atom. The first-order valence-corrected chi connectivity index (χ1v) is 5.55. The van der Waals surface area contributed by atoms with Crippen LogP contribution >= 0.6 is 15.9 Å². The van der Waals surface area contributed by atoms with Gasteiger partial charge in [0.2, 0.25) is 0 Å². The molecule has 0 aliphatic carbocycles. The van der Waals surface area contributed by atoms with Crippen LogP contribution in [0.1, 0.15) is 19.4 Å². The molecule has 76 valence electrons. The summed E-state index contributed by atoms with van der Waals surface area (Å²) in [6, 6.07) is 6.14. The first-order valence-electron chi connectivity index (χ1n) is 4.76. The minimum Gasteiger partial charge on any atom is -0.485 e. The van der Waals surface area contributed by atoms with Gasteiger partial charge in [-0.25, -0.2) is 0 Å². The number of para-hydroxylation sites is 1. The van der Waals surface area contributed by atoms with Crippen molar-refractivity contribution in [3.63, 3.8) is 0 Å². The van der Waals surface area contributed by atoms with E-state index in [4.69, 9.17) is 4.74 Å². The highest BCUT2D eigenvalue weighted by Crippen LogP contribution is 2.33. The van der Waals surface area contributed by atoms with E-state index in [-0.39, 0.29) is 5.60 Å². The number of nitrogens with one attached hydrogen (secondary N) is 1. The third-order valence-electron chi connectivity index (χ3n) is 2.29.